The summed E-state index contributed by atoms with van der Waals surface area (Å²) in [5.74, 6) is -0.128. The van der Waals surface area contributed by atoms with Crippen molar-refractivity contribution in [1.29, 1.82) is 0 Å². The van der Waals surface area contributed by atoms with Gasteiger partial charge >= 0.3 is 5.97 Å². The highest BCUT2D eigenvalue weighted by molar-refractivity contribution is 5.88. The number of pyridine rings is 1. The molecule has 0 spiro atoms. The van der Waals surface area contributed by atoms with E-state index >= 15 is 0 Å². The van der Waals surface area contributed by atoms with Crippen LogP contribution >= 0.6 is 0 Å². The Labute approximate surface area is 150 Å². The Balaban J connectivity index is 1.65. The van der Waals surface area contributed by atoms with Crippen molar-refractivity contribution in [3.05, 3.63) is 78.6 Å². The zero-order chi connectivity index (χ0) is 18.1. The van der Waals surface area contributed by atoms with Crippen LogP contribution in [0.2, 0.25) is 0 Å². The number of carbonyl (C=O) groups is 1. The number of fused-ring (bicyclic) bond motifs is 1. The highest BCUT2D eigenvalue weighted by Crippen LogP contribution is 2.26. The van der Waals surface area contributed by atoms with E-state index in [1.165, 1.54) is 0 Å². The van der Waals surface area contributed by atoms with Gasteiger partial charge < -0.3 is 14.2 Å². The molecule has 5 heteroatoms. The van der Waals surface area contributed by atoms with Gasteiger partial charge in [-0.2, -0.15) is 0 Å². The van der Waals surface area contributed by atoms with Crippen LogP contribution in [0.5, 0.6) is 5.75 Å². The van der Waals surface area contributed by atoms with Gasteiger partial charge in [0.05, 0.1) is 18.4 Å². The number of imidazole rings is 1. The smallest absolute Gasteiger partial charge is 0.335 e. The van der Waals surface area contributed by atoms with E-state index in [4.69, 9.17) is 9.84 Å². The molecule has 2 aromatic heterocycles. The summed E-state index contributed by atoms with van der Waals surface area (Å²) in [6.45, 7) is 0. The Morgan fingerprint density at radius 2 is 1.58 bits per heavy atom. The second kappa shape index (κ2) is 6.37. The first-order chi connectivity index (χ1) is 12.6. The molecule has 0 aliphatic heterocycles. The van der Waals surface area contributed by atoms with Crippen LogP contribution in [0.1, 0.15) is 10.4 Å². The van der Waals surface area contributed by atoms with E-state index in [-0.39, 0.29) is 5.56 Å². The fourth-order valence-electron chi connectivity index (χ4n) is 2.87. The lowest BCUT2D eigenvalue weighted by molar-refractivity contribution is 0.0697. The van der Waals surface area contributed by atoms with E-state index in [0.29, 0.717) is 5.65 Å². The zero-order valence-electron chi connectivity index (χ0n) is 14.1. The molecule has 0 atom stereocenters. The minimum atomic E-state index is -0.958. The number of benzene rings is 2. The SMILES string of the molecule is COc1ccc(-c2ccc(-c3cn4ccc(C(=O)O)cc4n3)cc2)cc1. The van der Waals surface area contributed by atoms with Gasteiger partial charge in [-0.25, -0.2) is 9.78 Å². The molecule has 128 valence electrons. The number of carboxylic acid groups (broad SMARTS) is 1. The second-order valence-corrected chi connectivity index (χ2v) is 5.92. The van der Waals surface area contributed by atoms with Gasteiger partial charge in [0.1, 0.15) is 11.4 Å². The first kappa shape index (κ1) is 15.9. The minimum Gasteiger partial charge on any atom is -0.497 e. The van der Waals surface area contributed by atoms with E-state index < -0.39 is 5.97 Å². The molecule has 4 aromatic rings. The van der Waals surface area contributed by atoms with E-state index in [0.717, 1.165) is 28.1 Å². The fraction of sp³-hybridized carbons (Fsp3) is 0.0476. The average Bonchev–Trinajstić information content (AvgIpc) is 3.11. The van der Waals surface area contributed by atoms with Gasteiger partial charge in [-0.05, 0) is 35.4 Å². The first-order valence-corrected chi connectivity index (χ1v) is 8.11. The summed E-state index contributed by atoms with van der Waals surface area (Å²) >= 11 is 0. The van der Waals surface area contributed by atoms with E-state index in [1.54, 1.807) is 25.4 Å². The van der Waals surface area contributed by atoms with Crippen LogP contribution in [0, 0.1) is 0 Å². The topological polar surface area (TPSA) is 63.8 Å². The summed E-state index contributed by atoms with van der Waals surface area (Å²) in [7, 11) is 1.65. The number of aromatic nitrogens is 2. The summed E-state index contributed by atoms with van der Waals surface area (Å²) in [6.07, 6.45) is 3.60. The number of ether oxygens (including phenoxy) is 1. The molecule has 1 N–H and O–H groups in total. The second-order valence-electron chi connectivity index (χ2n) is 5.92. The maximum atomic E-state index is 11.1. The molecule has 0 aliphatic rings. The molecule has 2 aromatic carbocycles. The molecule has 5 nitrogen and oxygen atoms in total. The molecule has 4 rings (SSSR count). The van der Waals surface area contributed by atoms with Gasteiger partial charge in [0, 0.05) is 18.0 Å². The van der Waals surface area contributed by atoms with Crippen LogP contribution in [0.3, 0.4) is 0 Å². The number of hydrogen-bond donors (Lipinski definition) is 1. The molecule has 0 amide bonds. The Morgan fingerprint density at radius 3 is 2.19 bits per heavy atom. The maximum Gasteiger partial charge on any atom is 0.335 e. The van der Waals surface area contributed by atoms with Crippen LogP contribution in [0.25, 0.3) is 28.0 Å². The summed E-state index contributed by atoms with van der Waals surface area (Å²) in [6, 6.07) is 19.2. The molecule has 0 aliphatic carbocycles. The summed E-state index contributed by atoms with van der Waals surface area (Å²) in [4.78, 5) is 15.6. The highest BCUT2D eigenvalue weighted by atomic mass is 16.5. The highest BCUT2D eigenvalue weighted by Gasteiger charge is 2.08. The standard InChI is InChI=1S/C21H16N2O3/c1-26-18-8-6-15(7-9-18)14-2-4-16(5-3-14)19-13-23-11-10-17(21(24)25)12-20(23)22-19/h2-13H,1H3,(H,24,25). The van der Waals surface area contributed by atoms with Crippen molar-refractivity contribution in [3.8, 4) is 28.1 Å². The number of methoxy groups -OCH3 is 1. The van der Waals surface area contributed by atoms with E-state index in [1.807, 2.05) is 59.1 Å². The summed E-state index contributed by atoms with van der Waals surface area (Å²) < 4.78 is 7.01. The molecule has 26 heavy (non-hydrogen) atoms. The third-order valence-corrected chi connectivity index (χ3v) is 4.31. The predicted molar refractivity (Wildman–Crippen MR) is 99.6 cm³/mol. The lowest BCUT2D eigenvalue weighted by atomic mass is 10.0. The first-order valence-electron chi connectivity index (χ1n) is 8.11. The average molecular weight is 344 g/mol. The Bertz CT molecular complexity index is 1080. The Kier molecular flexibility index (Phi) is 3.89. The minimum absolute atomic E-state index is 0.226. The Morgan fingerprint density at radius 1 is 0.962 bits per heavy atom. The number of aromatic carboxylic acids is 1. The summed E-state index contributed by atoms with van der Waals surface area (Å²) in [5.41, 5.74) is 4.83. The van der Waals surface area contributed by atoms with Gasteiger partial charge in [-0.3, -0.25) is 0 Å². The lowest BCUT2D eigenvalue weighted by Crippen LogP contribution is -1.96. The number of carboxylic acids is 1. The fourth-order valence-corrected chi connectivity index (χ4v) is 2.87. The maximum absolute atomic E-state index is 11.1. The van der Waals surface area contributed by atoms with E-state index in [9.17, 15) is 4.79 Å². The summed E-state index contributed by atoms with van der Waals surface area (Å²) in [5, 5.41) is 9.09. The normalized spacial score (nSPS) is 10.8. The third-order valence-electron chi connectivity index (χ3n) is 4.31. The largest absolute Gasteiger partial charge is 0.497 e. The van der Waals surface area contributed by atoms with Crippen molar-refractivity contribution in [3.63, 3.8) is 0 Å². The van der Waals surface area contributed by atoms with Crippen molar-refractivity contribution >= 4 is 11.6 Å². The van der Waals surface area contributed by atoms with Crippen LogP contribution in [-0.2, 0) is 0 Å². The quantitative estimate of drug-likeness (QED) is 0.597. The van der Waals surface area contributed by atoms with Crippen LogP contribution in [-0.4, -0.2) is 27.6 Å². The molecule has 0 fully saturated rings. The number of rotatable bonds is 4. The lowest BCUT2D eigenvalue weighted by Gasteiger charge is -2.04. The molecule has 0 radical (unpaired) electrons. The monoisotopic (exact) mass is 344 g/mol. The number of nitrogens with zero attached hydrogens (tertiary/aromatic N) is 2. The van der Waals surface area contributed by atoms with Gasteiger partial charge in [-0.15, -0.1) is 0 Å². The predicted octanol–water partition coefficient (Wildman–Crippen LogP) is 4.38. The van der Waals surface area contributed by atoms with E-state index in [2.05, 4.69) is 4.98 Å². The third kappa shape index (κ3) is 2.91. The van der Waals surface area contributed by atoms with Gasteiger partial charge in [-0.1, -0.05) is 36.4 Å². The molecule has 2 heterocycles. The van der Waals surface area contributed by atoms with Crippen molar-refractivity contribution in [1.82, 2.24) is 9.38 Å². The van der Waals surface area contributed by atoms with Gasteiger partial charge in [0.25, 0.3) is 0 Å². The van der Waals surface area contributed by atoms with Crippen LogP contribution in [0.15, 0.2) is 73.1 Å². The van der Waals surface area contributed by atoms with Crippen LogP contribution in [0.4, 0.5) is 0 Å². The van der Waals surface area contributed by atoms with Gasteiger partial charge in [0.15, 0.2) is 0 Å². The molecule has 0 unspecified atom stereocenters. The van der Waals surface area contributed by atoms with Crippen molar-refractivity contribution in [2.75, 3.05) is 7.11 Å². The van der Waals surface area contributed by atoms with Crippen LogP contribution < -0.4 is 4.74 Å². The molecule has 0 bridgehead atoms. The molecular formula is C21H16N2O3. The molecular weight excluding hydrogens is 328 g/mol. The Hall–Kier alpha value is -3.60. The molecule has 0 saturated heterocycles. The number of hydrogen-bond acceptors (Lipinski definition) is 3. The molecule has 0 saturated carbocycles. The van der Waals surface area contributed by atoms with Crippen molar-refractivity contribution < 1.29 is 14.6 Å². The zero-order valence-corrected chi connectivity index (χ0v) is 14.1. The van der Waals surface area contributed by atoms with Crippen molar-refractivity contribution in [2.45, 2.75) is 0 Å². The van der Waals surface area contributed by atoms with Gasteiger partial charge in [0.2, 0.25) is 0 Å². The van der Waals surface area contributed by atoms with Crippen molar-refractivity contribution in [2.24, 2.45) is 0 Å².